The van der Waals surface area contributed by atoms with Crippen LogP contribution >= 0.6 is 11.6 Å². The topological polar surface area (TPSA) is 38.7 Å². The average molecular weight is 176 g/mol. The van der Waals surface area contributed by atoms with Gasteiger partial charge in [-0.1, -0.05) is 0 Å². The van der Waals surface area contributed by atoms with Gasteiger partial charge < -0.3 is 14.6 Å². The molecule has 1 rings (SSSR count). The molecule has 5 heteroatoms. The van der Waals surface area contributed by atoms with Crippen molar-refractivity contribution in [2.45, 2.75) is 23.6 Å². The molecule has 11 heavy (non-hydrogen) atoms. The maximum absolute atomic E-state index is 9.34. The Morgan fingerprint density at radius 3 is 2.73 bits per heavy atom. The summed E-state index contributed by atoms with van der Waals surface area (Å²) >= 11 is 5.69. The summed E-state index contributed by atoms with van der Waals surface area (Å²) in [4.78, 5) is 0. The van der Waals surface area contributed by atoms with E-state index in [0.717, 1.165) is 0 Å². The van der Waals surface area contributed by atoms with E-state index < -0.39 is 23.6 Å². The number of halogens is 1. The molecule has 1 aliphatic heterocycles. The zero-order valence-corrected chi connectivity index (χ0v) is 6.99. The molecule has 1 aliphatic rings. The highest BCUT2D eigenvalue weighted by molar-refractivity contribution is 6.27. The fourth-order valence-corrected chi connectivity index (χ4v) is 1.28. The lowest BCUT2D eigenvalue weighted by molar-refractivity contribution is -0.0173. The van der Waals surface area contributed by atoms with E-state index in [-0.39, 0.29) is 0 Å². The predicted octanol–water partition coefficient (Wildman–Crippen LogP) is -0.506. The highest BCUT2D eigenvalue weighted by atomic mass is 35.5. The Morgan fingerprint density at radius 2 is 2.36 bits per heavy atom. The van der Waals surface area contributed by atoms with Crippen molar-refractivity contribution in [1.29, 1.82) is 0 Å². The fourth-order valence-electron chi connectivity index (χ4n) is 1.06. The number of aliphatic hydroxyl groups is 1. The van der Waals surface area contributed by atoms with Crippen LogP contribution < -0.4 is 0 Å². The van der Waals surface area contributed by atoms with Gasteiger partial charge in [0, 0.05) is 13.1 Å². The molecule has 0 amide bonds. The number of rotatable bonds is 2. The average Bonchev–Trinajstić information content (AvgIpc) is 2.19. The van der Waals surface area contributed by atoms with Gasteiger partial charge in [0.05, 0.1) is 12.0 Å². The van der Waals surface area contributed by atoms with E-state index in [0.29, 0.717) is 6.61 Å². The quantitative estimate of drug-likeness (QED) is 0.455. The molecule has 0 unspecified atom stereocenters. The molecule has 0 aromatic heterocycles. The second kappa shape index (κ2) is 3.76. The van der Waals surface area contributed by atoms with E-state index in [9.17, 15) is 5.11 Å². The van der Waals surface area contributed by atoms with E-state index in [2.05, 4.69) is 0 Å². The SMILES string of the molecule is [B][C@@H]1O[C@H](COC)[C@@H](O)[C@H]1Cl. The Morgan fingerprint density at radius 1 is 1.73 bits per heavy atom. The molecule has 62 valence electrons. The summed E-state index contributed by atoms with van der Waals surface area (Å²) in [5.41, 5.74) is 0. The number of aliphatic hydroxyl groups excluding tert-OH is 1. The van der Waals surface area contributed by atoms with Gasteiger partial charge in [0.2, 0.25) is 0 Å². The Balaban J connectivity index is 2.45. The second-order valence-corrected chi connectivity index (χ2v) is 3.03. The molecular formula is C6H10BClO3. The molecule has 1 saturated heterocycles. The highest BCUT2D eigenvalue weighted by Gasteiger charge is 2.39. The normalized spacial score (nSPS) is 44.6. The van der Waals surface area contributed by atoms with Gasteiger partial charge in [0.25, 0.3) is 0 Å². The highest BCUT2D eigenvalue weighted by Crippen LogP contribution is 2.23. The number of alkyl halides is 1. The van der Waals surface area contributed by atoms with Crippen LogP contribution in [0.2, 0.25) is 0 Å². The van der Waals surface area contributed by atoms with Crippen molar-refractivity contribution in [3.8, 4) is 0 Å². The zero-order chi connectivity index (χ0) is 8.43. The molecule has 0 aliphatic carbocycles. The summed E-state index contributed by atoms with van der Waals surface area (Å²) in [5, 5.41) is 8.81. The van der Waals surface area contributed by atoms with Crippen LogP contribution in [0.4, 0.5) is 0 Å². The summed E-state index contributed by atoms with van der Waals surface area (Å²) in [6, 6.07) is -0.591. The molecule has 0 aromatic rings. The van der Waals surface area contributed by atoms with Crippen molar-refractivity contribution >= 4 is 19.4 Å². The van der Waals surface area contributed by atoms with E-state index in [4.69, 9.17) is 28.9 Å². The van der Waals surface area contributed by atoms with Crippen molar-refractivity contribution in [1.82, 2.24) is 0 Å². The Labute approximate surface area is 72.0 Å². The third-order valence-electron chi connectivity index (χ3n) is 1.68. The first-order valence-corrected chi connectivity index (χ1v) is 3.82. The second-order valence-electron chi connectivity index (χ2n) is 2.53. The molecule has 0 aromatic carbocycles. The first-order chi connectivity index (χ1) is 5.16. The Hall–Kier alpha value is 0.235. The van der Waals surface area contributed by atoms with Crippen LogP contribution in [0.5, 0.6) is 0 Å². The molecule has 2 radical (unpaired) electrons. The monoisotopic (exact) mass is 176 g/mol. The van der Waals surface area contributed by atoms with Crippen LogP contribution in [-0.2, 0) is 9.47 Å². The van der Waals surface area contributed by atoms with Gasteiger partial charge in [-0.05, 0) is 0 Å². The maximum atomic E-state index is 9.34. The van der Waals surface area contributed by atoms with Crippen molar-refractivity contribution in [2.24, 2.45) is 0 Å². The molecular weight excluding hydrogens is 166 g/mol. The van der Waals surface area contributed by atoms with Crippen LogP contribution in [0.3, 0.4) is 0 Å². The lowest BCUT2D eigenvalue weighted by Crippen LogP contribution is -2.30. The lowest BCUT2D eigenvalue weighted by Gasteiger charge is -2.12. The van der Waals surface area contributed by atoms with Crippen LogP contribution in [0.1, 0.15) is 0 Å². The standard InChI is InChI=1S/C6H10BClO3/c1-10-2-3-5(9)4(8)6(7)11-3/h3-6,9H,2H2,1H3/t3-,4-,5-,6-/m1/s1. The van der Waals surface area contributed by atoms with Crippen molar-refractivity contribution in [3.63, 3.8) is 0 Å². The smallest absolute Gasteiger partial charge is 0.111 e. The summed E-state index contributed by atoms with van der Waals surface area (Å²) in [6.07, 6.45) is -1.12. The van der Waals surface area contributed by atoms with Crippen LogP contribution in [0.25, 0.3) is 0 Å². The van der Waals surface area contributed by atoms with Gasteiger partial charge in [-0.25, -0.2) is 0 Å². The summed E-state index contributed by atoms with van der Waals surface area (Å²) < 4.78 is 9.89. The maximum Gasteiger partial charge on any atom is 0.111 e. The minimum Gasteiger partial charge on any atom is -0.389 e. The van der Waals surface area contributed by atoms with Crippen molar-refractivity contribution in [3.05, 3.63) is 0 Å². The number of ether oxygens (including phenoxy) is 2. The summed E-state index contributed by atoms with van der Waals surface area (Å²) in [5.74, 6) is 0. The minimum absolute atomic E-state index is 0.318. The first kappa shape index (κ1) is 9.32. The van der Waals surface area contributed by atoms with Crippen LogP contribution in [0, 0.1) is 0 Å². The first-order valence-electron chi connectivity index (χ1n) is 3.39. The minimum atomic E-state index is -0.730. The summed E-state index contributed by atoms with van der Waals surface area (Å²) in [6.45, 7) is 0.318. The summed E-state index contributed by atoms with van der Waals surface area (Å²) in [7, 11) is 6.95. The van der Waals surface area contributed by atoms with Crippen LogP contribution in [0.15, 0.2) is 0 Å². The molecule has 1 heterocycles. The Kier molecular flexibility index (Phi) is 3.19. The van der Waals surface area contributed by atoms with E-state index >= 15 is 0 Å². The molecule has 0 bridgehead atoms. The van der Waals surface area contributed by atoms with Gasteiger partial charge >= 0.3 is 0 Å². The number of methoxy groups -OCH3 is 1. The molecule has 0 spiro atoms. The number of hydrogen-bond acceptors (Lipinski definition) is 3. The predicted molar refractivity (Wildman–Crippen MR) is 41.9 cm³/mol. The Bertz CT molecular complexity index is 135. The van der Waals surface area contributed by atoms with Gasteiger partial charge in [0.15, 0.2) is 0 Å². The van der Waals surface area contributed by atoms with Gasteiger partial charge in [-0.15, -0.1) is 11.6 Å². The number of hydrogen-bond donors (Lipinski definition) is 1. The molecule has 1 fully saturated rings. The molecule has 0 saturated carbocycles. The van der Waals surface area contributed by atoms with E-state index in [1.54, 1.807) is 0 Å². The van der Waals surface area contributed by atoms with Crippen molar-refractivity contribution in [2.75, 3.05) is 13.7 Å². The molecule has 3 nitrogen and oxygen atoms in total. The third-order valence-corrected chi connectivity index (χ3v) is 2.19. The van der Waals surface area contributed by atoms with Gasteiger partial charge in [0.1, 0.15) is 20.1 Å². The van der Waals surface area contributed by atoms with Crippen LogP contribution in [-0.4, -0.2) is 50.3 Å². The van der Waals surface area contributed by atoms with E-state index in [1.165, 1.54) is 7.11 Å². The van der Waals surface area contributed by atoms with Gasteiger partial charge in [-0.2, -0.15) is 0 Å². The molecule has 4 atom stereocenters. The molecule has 1 N–H and O–H groups in total. The van der Waals surface area contributed by atoms with Crippen molar-refractivity contribution < 1.29 is 14.6 Å². The largest absolute Gasteiger partial charge is 0.389 e. The third kappa shape index (κ3) is 1.88. The van der Waals surface area contributed by atoms with Gasteiger partial charge in [-0.3, -0.25) is 0 Å². The fraction of sp³-hybridized carbons (Fsp3) is 1.00. The zero-order valence-electron chi connectivity index (χ0n) is 6.24. The lowest BCUT2D eigenvalue weighted by atomic mass is 9.95. The van der Waals surface area contributed by atoms with E-state index in [1.807, 2.05) is 0 Å².